The molecule has 2 heterocycles. The van der Waals surface area contributed by atoms with Crippen LogP contribution in [-0.2, 0) is 11.3 Å². The van der Waals surface area contributed by atoms with Gasteiger partial charge in [-0.1, -0.05) is 12.5 Å². The molecule has 2 rings (SSSR count). The predicted molar refractivity (Wildman–Crippen MR) is 75.5 cm³/mol. The third kappa shape index (κ3) is 4.04. The van der Waals surface area contributed by atoms with Crippen LogP contribution >= 0.6 is 0 Å². The van der Waals surface area contributed by atoms with E-state index in [0.717, 1.165) is 31.4 Å². The monoisotopic (exact) mass is 272 g/mol. The number of nitrogens with one attached hydrogen (secondary N) is 1. The van der Waals surface area contributed by atoms with Gasteiger partial charge in [0.25, 0.3) is 0 Å². The summed E-state index contributed by atoms with van der Waals surface area (Å²) in [5, 5.41) is 12.0. The predicted octanol–water partition coefficient (Wildman–Crippen LogP) is 1.47. The quantitative estimate of drug-likeness (QED) is 0.881. The fourth-order valence-corrected chi connectivity index (χ4v) is 2.45. The number of rotatable bonds is 5. The van der Waals surface area contributed by atoms with E-state index >= 15 is 0 Å². The van der Waals surface area contributed by atoms with E-state index in [1.54, 1.807) is 17.3 Å². The average Bonchev–Trinajstić information content (AvgIpc) is 2.52. The number of pyridine rings is 1. The summed E-state index contributed by atoms with van der Waals surface area (Å²) in [5.74, 6) is 0.101. The Morgan fingerprint density at radius 1 is 1.55 bits per heavy atom. The number of piperidine rings is 1. The molecule has 1 aliphatic heterocycles. The standard InChI is InChI=1S/C15H20N4O/c16-7-4-10-19(12-13-5-3-8-17-11-13)15(20)14-6-1-2-9-18-14/h3,5,8,11,14,18H,1-2,4,6,9-10,12H2/t14-/m1/s1. The fourth-order valence-electron chi connectivity index (χ4n) is 2.45. The number of carbonyl (C=O) groups excluding carboxylic acids is 1. The van der Waals surface area contributed by atoms with Gasteiger partial charge in [-0.25, -0.2) is 0 Å². The Morgan fingerprint density at radius 2 is 2.45 bits per heavy atom. The first-order valence-corrected chi connectivity index (χ1v) is 7.09. The van der Waals surface area contributed by atoms with Crippen molar-refractivity contribution in [3.05, 3.63) is 30.1 Å². The van der Waals surface area contributed by atoms with Gasteiger partial charge < -0.3 is 10.2 Å². The molecule has 0 saturated carbocycles. The SMILES string of the molecule is N#CCCN(Cc1cccnc1)C(=O)[C@H]1CCCCN1. The maximum absolute atomic E-state index is 12.5. The third-order valence-corrected chi connectivity index (χ3v) is 3.51. The molecule has 1 aromatic heterocycles. The number of nitriles is 1. The summed E-state index contributed by atoms with van der Waals surface area (Å²) in [6.45, 7) is 1.89. The molecule has 1 aromatic rings. The van der Waals surface area contributed by atoms with Crippen molar-refractivity contribution in [3.8, 4) is 6.07 Å². The first-order chi connectivity index (χ1) is 9.81. The highest BCUT2D eigenvalue weighted by Crippen LogP contribution is 2.12. The highest BCUT2D eigenvalue weighted by atomic mass is 16.2. The Hall–Kier alpha value is -1.93. The minimum absolute atomic E-state index is 0.0980. The van der Waals surface area contributed by atoms with Gasteiger partial charge in [-0.2, -0.15) is 5.26 Å². The van der Waals surface area contributed by atoms with E-state index in [1.165, 1.54) is 0 Å². The Balaban J connectivity index is 2.02. The van der Waals surface area contributed by atoms with E-state index in [-0.39, 0.29) is 11.9 Å². The van der Waals surface area contributed by atoms with Gasteiger partial charge in [0.1, 0.15) is 0 Å². The second-order valence-electron chi connectivity index (χ2n) is 5.03. The second-order valence-corrected chi connectivity index (χ2v) is 5.03. The van der Waals surface area contributed by atoms with E-state index < -0.39 is 0 Å². The van der Waals surface area contributed by atoms with Crippen LogP contribution in [0.4, 0.5) is 0 Å². The highest BCUT2D eigenvalue weighted by molar-refractivity contribution is 5.82. The van der Waals surface area contributed by atoms with Crippen LogP contribution in [0.1, 0.15) is 31.2 Å². The summed E-state index contributed by atoms with van der Waals surface area (Å²) in [4.78, 5) is 18.4. The lowest BCUT2D eigenvalue weighted by molar-refractivity contribution is -0.134. The van der Waals surface area contributed by atoms with E-state index in [0.29, 0.717) is 19.5 Å². The van der Waals surface area contributed by atoms with E-state index in [1.807, 2.05) is 12.1 Å². The van der Waals surface area contributed by atoms with Crippen LogP contribution in [0.3, 0.4) is 0 Å². The van der Waals surface area contributed by atoms with Crippen LogP contribution in [-0.4, -0.2) is 34.9 Å². The molecule has 0 radical (unpaired) electrons. The van der Waals surface area contributed by atoms with Crippen molar-refractivity contribution in [3.63, 3.8) is 0 Å². The van der Waals surface area contributed by atoms with Gasteiger partial charge in [-0.05, 0) is 31.0 Å². The maximum atomic E-state index is 12.5. The number of aromatic nitrogens is 1. The van der Waals surface area contributed by atoms with Gasteiger partial charge in [-0.15, -0.1) is 0 Å². The third-order valence-electron chi connectivity index (χ3n) is 3.51. The molecule has 20 heavy (non-hydrogen) atoms. The van der Waals surface area contributed by atoms with Crippen molar-refractivity contribution in [2.75, 3.05) is 13.1 Å². The fraction of sp³-hybridized carbons (Fsp3) is 0.533. The van der Waals surface area contributed by atoms with E-state index in [4.69, 9.17) is 5.26 Å². The summed E-state index contributed by atoms with van der Waals surface area (Å²) in [5.41, 5.74) is 0.995. The molecule has 0 unspecified atom stereocenters. The van der Waals surface area contributed by atoms with Crippen molar-refractivity contribution in [2.45, 2.75) is 38.3 Å². The Kier molecular flexibility index (Phi) is 5.51. The summed E-state index contributed by atoms with van der Waals surface area (Å²) in [7, 11) is 0. The van der Waals surface area contributed by atoms with E-state index in [9.17, 15) is 4.79 Å². The number of amides is 1. The Morgan fingerprint density at radius 3 is 3.10 bits per heavy atom. The average molecular weight is 272 g/mol. The van der Waals surface area contributed by atoms with Gasteiger partial charge in [0.05, 0.1) is 18.5 Å². The first-order valence-electron chi connectivity index (χ1n) is 7.09. The van der Waals surface area contributed by atoms with Crippen LogP contribution in [0.2, 0.25) is 0 Å². The Bertz CT molecular complexity index is 463. The minimum Gasteiger partial charge on any atom is -0.336 e. The van der Waals surface area contributed by atoms with Gasteiger partial charge >= 0.3 is 0 Å². The summed E-state index contributed by atoms with van der Waals surface area (Å²) < 4.78 is 0. The molecule has 1 saturated heterocycles. The molecular formula is C15H20N4O. The highest BCUT2D eigenvalue weighted by Gasteiger charge is 2.25. The lowest BCUT2D eigenvalue weighted by atomic mass is 10.0. The van der Waals surface area contributed by atoms with Crippen molar-refractivity contribution in [1.82, 2.24) is 15.2 Å². The normalized spacial score (nSPS) is 18.2. The zero-order valence-electron chi connectivity index (χ0n) is 11.6. The molecule has 1 aliphatic rings. The molecule has 0 aliphatic carbocycles. The van der Waals surface area contributed by atoms with Crippen LogP contribution < -0.4 is 5.32 Å². The van der Waals surface area contributed by atoms with Crippen molar-refractivity contribution in [1.29, 1.82) is 5.26 Å². The molecule has 0 bridgehead atoms. The van der Waals surface area contributed by atoms with Crippen molar-refractivity contribution in [2.24, 2.45) is 0 Å². The lowest BCUT2D eigenvalue weighted by Gasteiger charge is -2.29. The van der Waals surface area contributed by atoms with Crippen molar-refractivity contribution < 1.29 is 4.79 Å². The topological polar surface area (TPSA) is 69.0 Å². The second kappa shape index (κ2) is 7.61. The van der Waals surface area contributed by atoms with Crippen LogP contribution in [0.15, 0.2) is 24.5 Å². The van der Waals surface area contributed by atoms with Crippen LogP contribution in [0, 0.1) is 11.3 Å². The van der Waals surface area contributed by atoms with E-state index in [2.05, 4.69) is 16.4 Å². The number of nitrogens with zero attached hydrogens (tertiary/aromatic N) is 3. The molecule has 0 spiro atoms. The van der Waals surface area contributed by atoms with Crippen LogP contribution in [0.25, 0.3) is 0 Å². The lowest BCUT2D eigenvalue weighted by Crippen LogP contribution is -2.48. The van der Waals surface area contributed by atoms with Gasteiger partial charge in [0.2, 0.25) is 5.91 Å². The molecule has 5 heteroatoms. The zero-order chi connectivity index (χ0) is 14.2. The molecule has 106 valence electrons. The molecular weight excluding hydrogens is 252 g/mol. The molecule has 1 atom stereocenters. The molecule has 1 fully saturated rings. The summed E-state index contributed by atoms with van der Waals surface area (Å²) >= 11 is 0. The molecule has 1 N–H and O–H groups in total. The van der Waals surface area contributed by atoms with Crippen LogP contribution in [0.5, 0.6) is 0 Å². The van der Waals surface area contributed by atoms with Crippen molar-refractivity contribution >= 4 is 5.91 Å². The molecule has 1 amide bonds. The largest absolute Gasteiger partial charge is 0.336 e. The molecule has 0 aromatic carbocycles. The number of carbonyl (C=O) groups is 1. The minimum atomic E-state index is -0.0980. The van der Waals surface area contributed by atoms with Gasteiger partial charge in [0.15, 0.2) is 0 Å². The zero-order valence-corrected chi connectivity index (χ0v) is 11.6. The summed E-state index contributed by atoms with van der Waals surface area (Å²) in [6, 6.07) is 5.83. The first kappa shape index (κ1) is 14.5. The smallest absolute Gasteiger partial charge is 0.240 e. The Labute approximate surface area is 119 Å². The number of hydrogen-bond donors (Lipinski definition) is 1. The maximum Gasteiger partial charge on any atom is 0.240 e. The summed E-state index contributed by atoms with van der Waals surface area (Å²) in [6.07, 6.45) is 6.94. The van der Waals surface area contributed by atoms with Gasteiger partial charge in [0, 0.05) is 25.5 Å². The van der Waals surface area contributed by atoms with Gasteiger partial charge in [-0.3, -0.25) is 9.78 Å². The number of hydrogen-bond acceptors (Lipinski definition) is 4. The molecule has 5 nitrogen and oxygen atoms in total.